The Kier molecular flexibility index (Phi) is 9.85. The third kappa shape index (κ3) is 7.54. The van der Waals surface area contributed by atoms with Gasteiger partial charge in [0, 0.05) is 17.6 Å². The van der Waals surface area contributed by atoms with Gasteiger partial charge in [-0.15, -0.1) is 0 Å². The molecule has 0 bridgehead atoms. The maximum Gasteiger partial charge on any atom is 0.261 e. The van der Waals surface area contributed by atoms with Gasteiger partial charge in [0.2, 0.25) is 5.91 Å². The van der Waals surface area contributed by atoms with Gasteiger partial charge in [0.1, 0.15) is 11.8 Å². The summed E-state index contributed by atoms with van der Waals surface area (Å²) in [7, 11) is 0. The SMILES string of the molecule is CCc1ccc(OCC(=O)N(Cc2ccc(Cl)cc2)[C@H](C)C(=O)N[C@H](C)CC)c(Br)c1. The van der Waals surface area contributed by atoms with Crippen LogP contribution >= 0.6 is 27.5 Å². The van der Waals surface area contributed by atoms with E-state index in [0.29, 0.717) is 10.8 Å². The molecule has 0 fully saturated rings. The summed E-state index contributed by atoms with van der Waals surface area (Å²) in [6.07, 6.45) is 1.73. The van der Waals surface area contributed by atoms with Crippen molar-refractivity contribution in [2.24, 2.45) is 0 Å². The molecule has 2 aromatic rings. The Morgan fingerprint density at radius 1 is 1.10 bits per heavy atom. The molecule has 31 heavy (non-hydrogen) atoms. The van der Waals surface area contributed by atoms with E-state index < -0.39 is 6.04 Å². The minimum atomic E-state index is -0.647. The quantitative estimate of drug-likeness (QED) is 0.468. The summed E-state index contributed by atoms with van der Waals surface area (Å²) in [6.45, 7) is 7.87. The van der Waals surface area contributed by atoms with Gasteiger partial charge in [0.05, 0.1) is 4.47 Å². The number of nitrogens with zero attached hydrogens (tertiary/aromatic N) is 1. The summed E-state index contributed by atoms with van der Waals surface area (Å²) in [5.41, 5.74) is 2.06. The van der Waals surface area contributed by atoms with E-state index in [-0.39, 0.29) is 31.0 Å². The molecular formula is C24H30BrClN2O3. The number of benzene rings is 2. The third-order valence-corrected chi connectivity index (χ3v) is 6.06. The number of nitrogens with one attached hydrogen (secondary N) is 1. The van der Waals surface area contributed by atoms with Crippen molar-refractivity contribution in [3.8, 4) is 5.75 Å². The zero-order chi connectivity index (χ0) is 23.0. The molecule has 2 rings (SSSR count). The third-order valence-electron chi connectivity index (χ3n) is 5.19. The van der Waals surface area contributed by atoms with Gasteiger partial charge in [-0.2, -0.15) is 0 Å². The van der Waals surface area contributed by atoms with E-state index in [9.17, 15) is 9.59 Å². The number of halogens is 2. The van der Waals surface area contributed by atoms with Crippen LogP contribution < -0.4 is 10.1 Å². The van der Waals surface area contributed by atoms with E-state index in [2.05, 4.69) is 28.2 Å². The molecule has 168 valence electrons. The van der Waals surface area contributed by atoms with E-state index >= 15 is 0 Å². The molecule has 2 amide bonds. The Morgan fingerprint density at radius 2 is 1.74 bits per heavy atom. The molecule has 1 N–H and O–H groups in total. The number of ether oxygens (including phenoxy) is 1. The van der Waals surface area contributed by atoms with Crippen LogP contribution in [-0.4, -0.2) is 35.4 Å². The van der Waals surface area contributed by atoms with Gasteiger partial charge in [0.15, 0.2) is 6.61 Å². The first-order chi connectivity index (χ1) is 14.7. The smallest absolute Gasteiger partial charge is 0.261 e. The maximum absolute atomic E-state index is 13.1. The lowest BCUT2D eigenvalue weighted by Gasteiger charge is -2.29. The lowest BCUT2D eigenvalue weighted by molar-refractivity contribution is -0.142. The predicted molar refractivity (Wildman–Crippen MR) is 128 cm³/mol. The highest BCUT2D eigenvalue weighted by molar-refractivity contribution is 9.10. The molecule has 2 aromatic carbocycles. The van der Waals surface area contributed by atoms with Gasteiger partial charge in [-0.3, -0.25) is 9.59 Å². The molecule has 0 aromatic heterocycles. The van der Waals surface area contributed by atoms with Crippen molar-refractivity contribution in [1.29, 1.82) is 0 Å². The molecule has 7 heteroatoms. The van der Waals surface area contributed by atoms with Crippen LogP contribution in [0, 0.1) is 0 Å². The second-order valence-electron chi connectivity index (χ2n) is 7.55. The topological polar surface area (TPSA) is 58.6 Å². The normalized spacial score (nSPS) is 12.7. The van der Waals surface area contributed by atoms with Crippen LogP contribution in [-0.2, 0) is 22.6 Å². The molecule has 0 heterocycles. The number of rotatable bonds is 10. The molecule has 5 nitrogen and oxygen atoms in total. The van der Waals surface area contributed by atoms with Crippen molar-refractivity contribution in [3.63, 3.8) is 0 Å². The summed E-state index contributed by atoms with van der Waals surface area (Å²) in [4.78, 5) is 27.4. The van der Waals surface area contributed by atoms with Gasteiger partial charge in [-0.25, -0.2) is 0 Å². The monoisotopic (exact) mass is 508 g/mol. The molecule has 2 atom stereocenters. The van der Waals surface area contributed by atoms with E-state index in [1.54, 1.807) is 19.1 Å². The number of aryl methyl sites for hydroxylation is 1. The predicted octanol–water partition coefficient (Wildman–Crippen LogP) is 5.38. The highest BCUT2D eigenvalue weighted by Gasteiger charge is 2.27. The lowest BCUT2D eigenvalue weighted by atomic mass is 10.1. The van der Waals surface area contributed by atoms with Gasteiger partial charge in [-0.05, 0) is 78.0 Å². The van der Waals surface area contributed by atoms with Crippen molar-refractivity contribution in [3.05, 3.63) is 63.1 Å². The fourth-order valence-electron chi connectivity index (χ4n) is 2.94. The second kappa shape index (κ2) is 12.1. The summed E-state index contributed by atoms with van der Waals surface area (Å²) >= 11 is 9.48. The van der Waals surface area contributed by atoms with Gasteiger partial charge >= 0.3 is 0 Å². The number of carbonyl (C=O) groups is 2. The van der Waals surface area contributed by atoms with Gasteiger partial charge in [-0.1, -0.05) is 43.6 Å². The average Bonchev–Trinajstić information content (AvgIpc) is 2.76. The largest absolute Gasteiger partial charge is 0.483 e. The van der Waals surface area contributed by atoms with Crippen LogP contribution in [0.1, 0.15) is 45.2 Å². The van der Waals surface area contributed by atoms with Crippen LogP contribution in [0.15, 0.2) is 46.9 Å². The number of carbonyl (C=O) groups excluding carboxylic acids is 2. The highest BCUT2D eigenvalue weighted by atomic mass is 79.9. The lowest BCUT2D eigenvalue weighted by Crippen LogP contribution is -2.50. The zero-order valence-electron chi connectivity index (χ0n) is 18.5. The van der Waals surface area contributed by atoms with Crippen molar-refractivity contribution in [1.82, 2.24) is 10.2 Å². The summed E-state index contributed by atoms with van der Waals surface area (Å²) in [6, 6.07) is 12.4. The first kappa shape index (κ1) is 25.2. The minimum absolute atomic E-state index is 0.0340. The Hall–Kier alpha value is -2.05. The number of hydrogen-bond acceptors (Lipinski definition) is 3. The fraction of sp³-hybridized carbons (Fsp3) is 0.417. The van der Waals surface area contributed by atoms with Crippen LogP contribution in [0.4, 0.5) is 0 Å². The zero-order valence-corrected chi connectivity index (χ0v) is 20.8. The molecule has 0 saturated heterocycles. The van der Waals surface area contributed by atoms with Crippen molar-refractivity contribution in [2.45, 2.75) is 59.2 Å². The molecular weight excluding hydrogens is 480 g/mol. The number of hydrogen-bond donors (Lipinski definition) is 1. The molecule has 0 spiro atoms. The summed E-state index contributed by atoms with van der Waals surface area (Å²) < 4.78 is 6.57. The summed E-state index contributed by atoms with van der Waals surface area (Å²) in [5, 5.41) is 3.57. The first-order valence-electron chi connectivity index (χ1n) is 10.5. The van der Waals surface area contributed by atoms with E-state index in [1.165, 1.54) is 10.5 Å². The number of amides is 2. The van der Waals surface area contributed by atoms with Gasteiger partial charge < -0.3 is 15.0 Å². The van der Waals surface area contributed by atoms with Gasteiger partial charge in [0.25, 0.3) is 5.91 Å². The molecule has 0 aliphatic carbocycles. The van der Waals surface area contributed by atoms with Crippen LogP contribution in [0.5, 0.6) is 5.75 Å². The molecule has 0 aliphatic heterocycles. The second-order valence-corrected chi connectivity index (χ2v) is 8.84. The molecule has 0 saturated carbocycles. The maximum atomic E-state index is 13.1. The highest BCUT2D eigenvalue weighted by Crippen LogP contribution is 2.26. The minimum Gasteiger partial charge on any atom is -0.483 e. The van der Waals surface area contributed by atoms with Crippen LogP contribution in [0.2, 0.25) is 5.02 Å². The van der Waals surface area contributed by atoms with Crippen molar-refractivity contribution < 1.29 is 14.3 Å². The van der Waals surface area contributed by atoms with E-state index in [0.717, 1.165) is 22.9 Å². The Labute approximate surface area is 198 Å². The van der Waals surface area contributed by atoms with Crippen molar-refractivity contribution in [2.75, 3.05) is 6.61 Å². The van der Waals surface area contributed by atoms with E-state index in [4.69, 9.17) is 16.3 Å². The Morgan fingerprint density at radius 3 is 2.32 bits per heavy atom. The molecule has 0 aliphatic rings. The fourth-order valence-corrected chi connectivity index (χ4v) is 3.61. The molecule has 0 radical (unpaired) electrons. The van der Waals surface area contributed by atoms with Crippen LogP contribution in [0.25, 0.3) is 0 Å². The van der Waals surface area contributed by atoms with E-state index in [1.807, 2.05) is 44.2 Å². The standard InChI is InChI=1S/C24H30BrClN2O3/c1-5-16(3)27-24(30)17(4)28(14-19-7-10-20(26)11-8-19)23(29)15-31-22-12-9-18(6-2)13-21(22)25/h7-13,16-17H,5-6,14-15H2,1-4H3,(H,27,30)/t16-,17-/m1/s1. The van der Waals surface area contributed by atoms with Crippen molar-refractivity contribution >= 4 is 39.3 Å². The first-order valence-corrected chi connectivity index (χ1v) is 11.7. The molecule has 0 unspecified atom stereocenters. The summed E-state index contributed by atoms with van der Waals surface area (Å²) in [5.74, 6) is 0.132. The van der Waals surface area contributed by atoms with Crippen LogP contribution in [0.3, 0.4) is 0 Å². The average molecular weight is 510 g/mol. The Bertz CT molecular complexity index is 889. The Balaban J connectivity index is 2.16.